The summed E-state index contributed by atoms with van der Waals surface area (Å²) in [7, 11) is 3.20. The first-order chi connectivity index (χ1) is 13.1. The van der Waals surface area contributed by atoms with Crippen LogP contribution in [0.2, 0.25) is 0 Å². The number of rotatable bonds is 8. The lowest BCUT2D eigenvalue weighted by molar-refractivity contribution is 0.391. The van der Waals surface area contributed by atoms with E-state index in [1.165, 1.54) is 12.1 Å². The van der Waals surface area contributed by atoms with Crippen molar-refractivity contribution in [3.8, 4) is 11.5 Å². The highest BCUT2D eigenvalue weighted by atomic mass is 127. The third-order valence-corrected chi connectivity index (χ3v) is 3.95. The fourth-order valence-corrected chi connectivity index (χ4v) is 2.53. The summed E-state index contributed by atoms with van der Waals surface area (Å²) in [6, 6.07) is 9.17. The minimum absolute atomic E-state index is 0. The first-order valence-electron chi connectivity index (χ1n) is 8.74. The number of aliphatic imine (C=N–C) groups is 1. The maximum atomic E-state index is 13.7. The fourth-order valence-electron chi connectivity index (χ4n) is 2.53. The van der Waals surface area contributed by atoms with Crippen LogP contribution in [0.1, 0.15) is 18.1 Å². The fraction of sp³-hybridized carbons (Fsp3) is 0.350. The molecule has 0 bridgehead atoms. The van der Waals surface area contributed by atoms with Gasteiger partial charge in [-0.3, -0.25) is 0 Å². The van der Waals surface area contributed by atoms with Crippen LogP contribution in [-0.2, 0) is 13.0 Å². The quantitative estimate of drug-likeness (QED) is 0.325. The van der Waals surface area contributed by atoms with Crippen LogP contribution in [0.25, 0.3) is 0 Å². The zero-order valence-electron chi connectivity index (χ0n) is 16.2. The number of nitrogens with one attached hydrogen (secondary N) is 2. The highest BCUT2D eigenvalue weighted by Gasteiger charge is 2.07. The minimum Gasteiger partial charge on any atom is -0.497 e. The second-order valence-corrected chi connectivity index (χ2v) is 5.79. The van der Waals surface area contributed by atoms with E-state index in [-0.39, 0.29) is 24.0 Å². The normalized spacial score (nSPS) is 10.8. The van der Waals surface area contributed by atoms with Crippen LogP contribution in [-0.4, -0.2) is 33.3 Å². The van der Waals surface area contributed by atoms with Crippen molar-refractivity contribution in [1.82, 2.24) is 10.6 Å². The third-order valence-electron chi connectivity index (χ3n) is 3.95. The molecule has 28 heavy (non-hydrogen) atoms. The van der Waals surface area contributed by atoms with Crippen LogP contribution in [0, 0.1) is 11.6 Å². The number of benzene rings is 2. The molecule has 0 radical (unpaired) electrons. The van der Waals surface area contributed by atoms with Crippen molar-refractivity contribution < 1.29 is 18.3 Å². The summed E-state index contributed by atoms with van der Waals surface area (Å²) < 4.78 is 37.2. The lowest BCUT2D eigenvalue weighted by atomic mass is 10.1. The lowest BCUT2D eigenvalue weighted by Gasteiger charge is -2.13. The van der Waals surface area contributed by atoms with Crippen LogP contribution in [0.4, 0.5) is 8.78 Å². The molecule has 2 rings (SSSR count). The Morgan fingerprint density at radius 2 is 1.75 bits per heavy atom. The molecular formula is C20H26F2IN3O2. The summed E-state index contributed by atoms with van der Waals surface area (Å²) in [6.45, 7) is 3.53. The predicted octanol–water partition coefficient (Wildman–Crippen LogP) is 3.90. The third kappa shape index (κ3) is 7.14. The maximum absolute atomic E-state index is 13.7. The van der Waals surface area contributed by atoms with Crippen LogP contribution < -0.4 is 20.1 Å². The number of nitrogens with zero attached hydrogens (tertiary/aromatic N) is 1. The zero-order chi connectivity index (χ0) is 19.6. The molecule has 0 aliphatic rings. The Labute approximate surface area is 181 Å². The Kier molecular flexibility index (Phi) is 10.6. The van der Waals surface area contributed by atoms with Crippen molar-refractivity contribution in [3.63, 3.8) is 0 Å². The van der Waals surface area contributed by atoms with Crippen molar-refractivity contribution >= 4 is 29.9 Å². The number of halogens is 3. The van der Waals surface area contributed by atoms with E-state index in [4.69, 9.17) is 9.47 Å². The highest BCUT2D eigenvalue weighted by molar-refractivity contribution is 14.0. The van der Waals surface area contributed by atoms with Crippen LogP contribution in [0.5, 0.6) is 11.5 Å². The van der Waals surface area contributed by atoms with E-state index in [1.54, 1.807) is 14.2 Å². The molecule has 154 valence electrons. The number of hydrogen-bond donors (Lipinski definition) is 2. The van der Waals surface area contributed by atoms with Crippen LogP contribution >= 0.6 is 24.0 Å². The van der Waals surface area contributed by atoms with E-state index >= 15 is 0 Å². The number of hydrogen-bond acceptors (Lipinski definition) is 3. The second-order valence-electron chi connectivity index (χ2n) is 5.79. The van der Waals surface area contributed by atoms with E-state index in [0.29, 0.717) is 49.1 Å². The summed E-state index contributed by atoms with van der Waals surface area (Å²) in [4.78, 5) is 4.54. The van der Waals surface area contributed by atoms with Gasteiger partial charge in [0.05, 0.1) is 20.8 Å². The predicted molar refractivity (Wildman–Crippen MR) is 118 cm³/mol. The zero-order valence-corrected chi connectivity index (χ0v) is 18.6. The van der Waals surface area contributed by atoms with E-state index in [9.17, 15) is 8.78 Å². The minimum atomic E-state index is -0.576. The topological polar surface area (TPSA) is 54.9 Å². The van der Waals surface area contributed by atoms with Gasteiger partial charge in [0.2, 0.25) is 0 Å². The number of guanidine groups is 1. The van der Waals surface area contributed by atoms with Crippen molar-refractivity contribution in [3.05, 3.63) is 59.2 Å². The van der Waals surface area contributed by atoms with Gasteiger partial charge in [-0.1, -0.05) is 6.07 Å². The van der Waals surface area contributed by atoms with Gasteiger partial charge in [-0.25, -0.2) is 13.8 Å². The molecule has 2 aromatic carbocycles. The maximum Gasteiger partial charge on any atom is 0.191 e. The van der Waals surface area contributed by atoms with Crippen molar-refractivity contribution in [1.29, 1.82) is 0 Å². The molecular weight excluding hydrogens is 479 g/mol. The van der Waals surface area contributed by atoms with Gasteiger partial charge in [-0.15, -0.1) is 24.0 Å². The molecule has 0 spiro atoms. The van der Waals surface area contributed by atoms with E-state index in [1.807, 2.05) is 25.1 Å². The standard InChI is InChI=1S/C20H25F2N3O2.HI/c1-4-23-20(24-10-9-14-5-7-16(21)11-18(14)22)25-13-15-6-8-17(26-2)12-19(15)27-3;/h5-8,11-12H,4,9-10,13H2,1-3H3,(H2,23,24,25);1H. The molecule has 8 heteroatoms. The lowest BCUT2D eigenvalue weighted by Crippen LogP contribution is -2.38. The molecule has 0 aliphatic carbocycles. The summed E-state index contributed by atoms with van der Waals surface area (Å²) in [5.74, 6) is 0.903. The molecule has 0 heterocycles. The number of ether oxygens (including phenoxy) is 2. The molecule has 0 saturated heterocycles. The molecule has 0 atom stereocenters. The van der Waals surface area contributed by atoms with Gasteiger partial charge in [0.25, 0.3) is 0 Å². The van der Waals surface area contributed by atoms with Crippen LogP contribution in [0.15, 0.2) is 41.4 Å². The van der Waals surface area contributed by atoms with Gasteiger partial charge in [-0.05, 0) is 37.1 Å². The average Bonchev–Trinajstić information content (AvgIpc) is 2.67. The van der Waals surface area contributed by atoms with Gasteiger partial charge in [0.15, 0.2) is 5.96 Å². The summed E-state index contributed by atoms with van der Waals surface area (Å²) in [5, 5.41) is 6.30. The van der Waals surface area contributed by atoms with Gasteiger partial charge < -0.3 is 20.1 Å². The molecule has 0 aliphatic heterocycles. The molecule has 0 aromatic heterocycles. The summed E-state index contributed by atoms with van der Waals surface area (Å²) >= 11 is 0. The Hall–Kier alpha value is -2.10. The first-order valence-corrected chi connectivity index (χ1v) is 8.74. The summed E-state index contributed by atoms with van der Waals surface area (Å²) in [5.41, 5.74) is 1.37. The van der Waals surface area contributed by atoms with Crippen molar-refractivity contribution in [2.75, 3.05) is 27.3 Å². The van der Waals surface area contributed by atoms with Gasteiger partial charge in [0, 0.05) is 30.8 Å². The average molecular weight is 505 g/mol. The molecule has 0 saturated carbocycles. The first kappa shape index (κ1) is 23.9. The Balaban J connectivity index is 0.00000392. The monoisotopic (exact) mass is 505 g/mol. The largest absolute Gasteiger partial charge is 0.497 e. The van der Waals surface area contributed by atoms with Gasteiger partial charge >= 0.3 is 0 Å². The Bertz CT molecular complexity index is 788. The molecule has 0 unspecified atom stereocenters. The second kappa shape index (κ2) is 12.4. The van der Waals surface area contributed by atoms with E-state index in [0.717, 1.165) is 11.6 Å². The number of methoxy groups -OCH3 is 2. The van der Waals surface area contributed by atoms with Crippen molar-refractivity contribution in [2.45, 2.75) is 19.9 Å². The molecule has 0 amide bonds. The Morgan fingerprint density at radius 3 is 2.39 bits per heavy atom. The van der Waals surface area contributed by atoms with Crippen molar-refractivity contribution in [2.24, 2.45) is 4.99 Å². The van der Waals surface area contributed by atoms with E-state index < -0.39 is 11.6 Å². The molecule has 0 fully saturated rings. The molecule has 5 nitrogen and oxygen atoms in total. The van der Waals surface area contributed by atoms with Gasteiger partial charge in [-0.2, -0.15) is 0 Å². The Morgan fingerprint density at radius 1 is 1.00 bits per heavy atom. The van der Waals surface area contributed by atoms with Crippen LogP contribution in [0.3, 0.4) is 0 Å². The van der Waals surface area contributed by atoms with Gasteiger partial charge in [0.1, 0.15) is 23.1 Å². The highest BCUT2D eigenvalue weighted by Crippen LogP contribution is 2.25. The summed E-state index contributed by atoms with van der Waals surface area (Å²) in [6.07, 6.45) is 0.419. The smallest absolute Gasteiger partial charge is 0.191 e. The SMILES string of the molecule is CCNC(=NCc1ccc(OC)cc1OC)NCCc1ccc(F)cc1F.I. The van der Waals surface area contributed by atoms with E-state index in [2.05, 4.69) is 15.6 Å². The molecule has 2 aromatic rings. The molecule has 2 N–H and O–H groups in total.